The number of pyridine rings is 2. The smallest absolute Gasteiger partial charge is 0.162 e. The molecule has 4 heterocycles. The Balaban J connectivity index is 0.000000170. The van der Waals surface area contributed by atoms with Crippen molar-refractivity contribution in [2.75, 3.05) is 0 Å². The third kappa shape index (κ3) is 14.2. The fourth-order valence-corrected chi connectivity index (χ4v) is 16.2. The maximum absolute atomic E-state index is 12.0. The predicted octanol–water partition coefficient (Wildman–Crippen LogP) is 24.3. The first-order chi connectivity index (χ1) is 42.0. The number of allylic oxidation sites excluding steroid dienone is 2. The normalized spacial score (nSPS) is 13.5. The summed E-state index contributed by atoms with van der Waals surface area (Å²) in [6, 6.07) is 45.4. The molecule has 0 fully saturated rings. The number of benzene rings is 8. The Labute approximate surface area is 556 Å². The second kappa shape index (κ2) is 26.4. The summed E-state index contributed by atoms with van der Waals surface area (Å²) >= 11 is 3.80. The van der Waals surface area contributed by atoms with E-state index < -0.39 is 0 Å². The van der Waals surface area contributed by atoms with Crippen molar-refractivity contribution in [2.45, 2.75) is 202 Å². The van der Waals surface area contributed by atoms with E-state index in [0.29, 0.717) is 6.17 Å². The fourth-order valence-electron chi connectivity index (χ4n) is 13.6. The second-order valence-electron chi connectivity index (χ2n) is 30.0. The molecule has 10 aromatic rings. The Kier molecular flexibility index (Phi) is 19.6. The average molecular weight is 1400 g/mol. The minimum Gasteiger partial charge on any atom is -0.512 e. The summed E-state index contributed by atoms with van der Waals surface area (Å²) in [5.41, 5.74) is 11.6. The van der Waals surface area contributed by atoms with Gasteiger partial charge in [-0.3, -0.25) is 14.8 Å². The van der Waals surface area contributed by atoms with Gasteiger partial charge in [0.05, 0.1) is 1.37 Å². The average Bonchev–Trinajstić information content (AvgIpc) is 0.727. The van der Waals surface area contributed by atoms with Crippen molar-refractivity contribution in [3.05, 3.63) is 167 Å². The predicted molar refractivity (Wildman–Crippen MR) is 381 cm³/mol. The number of aryl methyl sites for hydroxylation is 1. The molecule has 0 aliphatic carbocycles. The van der Waals surface area contributed by atoms with Crippen LogP contribution in [0.5, 0.6) is 0 Å². The zero-order valence-corrected chi connectivity index (χ0v) is 60.3. The summed E-state index contributed by atoms with van der Waals surface area (Å²) in [4.78, 5) is 26.9. The van der Waals surface area contributed by atoms with E-state index >= 15 is 0 Å². The van der Waals surface area contributed by atoms with Crippen molar-refractivity contribution in [3.63, 3.8) is 0 Å². The van der Waals surface area contributed by atoms with Crippen LogP contribution in [0.2, 0.25) is 0 Å². The first-order valence-electron chi connectivity index (χ1n) is 32.9. The van der Waals surface area contributed by atoms with Crippen LogP contribution in [-0.2, 0) is 50.6 Å². The summed E-state index contributed by atoms with van der Waals surface area (Å²) in [6.45, 7) is 40.2. The van der Waals surface area contributed by atoms with E-state index in [-0.39, 0.29) is 64.6 Å². The van der Waals surface area contributed by atoms with Gasteiger partial charge in [0.2, 0.25) is 0 Å². The van der Waals surface area contributed by atoms with Crippen LogP contribution in [0, 0.1) is 52.0 Å². The maximum Gasteiger partial charge on any atom is 0.162 e. The molecule has 4 nitrogen and oxygen atoms in total. The van der Waals surface area contributed by atoms with E-state index in [1.807, 2.05) is 49.6 Å². The number of carbonyl (C=O) groups is 1. The number of carbonyl (C=O) groups excluding carboxylic acids is 1. The molecule has 7 heteroatoms. The van der Waals surface area contributed by atoms with Gasteiger partial charge in [-0.15, -0.1) is 58.6 Å². The van der Waals surface area contributed by atoms with E-state index in [4.69, 9.17) is 11.3 Å². The van der Waals surface area contributed by atoms with Crippen LogP contribution in [0.15, 0.2) is 147 Å². The van der Waals surface area contributed by atoms with Crippen LogP contribution in [0.25, 0.3) is 87.1 Å². The molecule has 1 radical (unpaired) electrons. The molecular formula is C82H94IrN2O2S2-2. The van der Waals surface area contributed by atoms with Gasteiger partial charge in [-0.2, -0.15) is 0 Å². The van der Waals surface area contributed by atoms with E-state index in [1.54, 1.807) is 0 Å². The number of rotatable bonds is 12. The van der Waals surface area contributed by atoms with Gasteiger partial charge in [0.15, 0.2) is 5.78 Å². The van der Waals surface area contributed by atoms with Crippen LogP contribution < -0.4 is 0 Å². The number of hydrogen-bond donors (Lipinski definition) is 1. The number of aromatic nitrogens is 2. The maximum atomic E-state index is 12.0. The van der Waals surface area contributed by atoms with Gasteiger partial charge in [0.1, 0.15) is 5.76 Å². The number of aliphatic hydroxyl groups is 1. The van der Waals surface area contributed by atoms with Crippen LogP contribution in [-0.4, -0.2) is 20.9 Å². The van der Waals surface area contributed by atoms with Gasteiger partial charge < -0.3 is 5.11 Å². The van der Waals surface area contributed by atoms with Crippen molar-refractivity contribution in [2.24, 2.45) is 33.0 Å². The minimum atomic E-state index is -0.207. The summed E-state index contributed by atoms with van der Waals surface area (Å²) < 4.78 is 8.66. The van der Waals surface area contributed by atoms with Crippen molar-refractivity contribution < 1.29 is 31.4 Å². The molecule has 1 N–H and O–H groups in total. The third-order valence-electron chi connectivity index (χ3n) is 18.1. The molecule has 2 aliphatic rings. The first-order valence-corrected chi connectivity index (χ1v) is 34.1. The van der Waals surface area contributed by atoms with Crippen molar-refractivity contribution >= 4 is 93.9 Å². The summed E-state index contributed by atoms with van der Waals surface area (Å²) in [6.07, 6.45) is 12.2. The number of ketones is 1. The number of hydrogen-bond acceptors (Lipinski definition) is 6. The molecule has 467 valence electrons. The zero-order valence-electron chi connectivity index (χ0n) is 57.3. The van der Waals surface area contributed by atoms with Gasteiger partial charge in [-0.1, -0.05) is 223 Å². The van der Waals surface area contributed by atoms with Crippen molar-refractivity contribution in [1.29, 1.82) is 0 Å². The molecule has 0 saturated heterocycles. The molecule has 0 atom stereocenters. The van der Waals surface area contributed by atoms with E-state index in [1.165, 1.54) is 108 Å². The van der Waals surface area contributed by atoms with Gasteiger partial charge in [0, 0.05) is 71.1 Å². The standard InChI is InChI=1S/C34H34NS.C33H32NS.C15H28O2.Ir/c1-20-11-12-23-22(15-20)16-27-31-30-25(13-14-35-31)24-10-8-9-21(18-33(2,3)4)26(24)17-29(30)36-32(27)28(23)19-34(5,6)7;1-32(2,3)18-21-11-9-13-23-24-14-15-34-30-26-16-20-10-7-8-12-22(20)27(19-33(4,5)6)31(26)35-28(29(24)30)17-25(21)23;1-6-12(7-2)13(16)11-14(17)15(8-3,9-4)10-5;/h8-15,17H,18-19H2,1-7H3;7-15,17H,18-19H2,1-6H3;11-12,17H,6-10H2,1-5H3;/q2*-1;;/b;;14-11-;/i;15D;;. The molecule has 8 aromatic carbocycles. The van der Waals surface area contributed by atoms with Crippen LogP contribution in [0.1, 0.15) is 179 Å². The molecule has 0 saturated carbocycles. The SMILES string of the molecule is CCC(CC)C(=O)/C=C(\O)C(CC)(CC)CC.Cc1ccc2c(CC(C)(C)C)c3c([c-]c2c1)-c1nccc2c1c(cc1c(CC(C)(C)C)cccc12)S3.[2H]c1cc2c3c(cc4c(CC(C)(C)C)cccc42)Sc2c([c-]c4ccccc4c2CC(C)(C)C)-c3n1.[Ir]. The molecule has 0 spiro atoms. The van der Waals surface area contributed by atoms with Gasteiger partial charge in [0.25, 0.3) is 0 Å². The molecule has 89 heavy (non-hydrogen) atoms. The fraction of sp³-hybridized carbons (Fsp3) is 0.402. The molecule has 0 unspecified atom stereocenters. The summed E-state index contributed by atoms with van der Waals surface area (Å²) in [5, 5.41) is 25.2. The largest absolute Gasteiger partial charge is 0.512 e. The van der Waals surface area contributed by atoms with Gasteiger partial charge in [-0.05, 0) is 175 Å². The second-order valence-corrected chi connectivity index (χ2v) is 32.1. The Morgan fingerprint density at radius 3 is 1.49 bits per heavy atom. The Morgan fingerprint density at radius 1 is 0.539 bits per heavy atom. The van der Waals surface area contributed by atoms with E-state index in [2.05, 4.69) is 220 Å². The number of nitrogens with zero attached hydrogens (tertiary/aromatic N) is 2. The quantitative estimate of drug-likeness (QED) is 0.0569. The zero-order chi connectivity index (χ0) is 64.3. The summed E-state index contributed by atoms with van der Waals surface area (Å²) in [7, 11) is 0. The monoisotopic (exact) mass is 1400 g/mol. The van der Waals surface area contributed by atoms with E-state index in [9.17, 15) is 9.90 Å². The first kappa shape index (κ1) is 66.1. The Hall–Kier alpha value is -5.82. The molecular weight excluding hydrogens is 1300 g/mol. The van der Waals surface area contributed by atoms with Gasteiger partial charge in [-0.25, -0.2) is 0 Å². The van der Waals surface area contributed by atoms with Crippen LogP contribution >= 0.6 is 23.5 Å². The molecule has 2 aliphatic heterocycles. The van der Waals surface area contributed by atoms with Crippen LogP contribution in [0.3, 0.4) is 0 Å². The van der Waals surface area contributed by atoms with Crippen molar-refractivity contribution in [1.82, 2.24) is 9.97 Å². The topological polar surface area (TPSA) is 63.1 Å². The number of aliphatic hydroxyl groups excluding tert-OH is 1. The van der Waals surface area contributed by atoms with Crippen molar-refractivity contribution in [3.8, 4) is 22.5 Å². The van der Waals surface area contributed by atoms with Crippen LogP contribution in [0.4, 0.5) is 0 Å². The molecule has 2 aromatic heterocycles. The molecule has 0 bridgehead atoms. The minimum absolute atomic E-state index is 0. The molecule has 12 rings (SSSR count). The Morgan fingerprint density at radius 2 is 1.00 bits per heavy atom. The summed E-state index contributed by atoms with van der Waals surface area (Å²) in [5.74, 6) is 0.412. The Bertz CT molecular complexity index is 4400. The molecule has 0 amide bonds. The third-order valence-corrected chi connectivity index (χ3v) is 20.5. The van der Waals surface area contributed by atoms with E-state index in [0.717, 1.165) is 90.9 Å². The number of fused-ring (bicyclic) bond motifs is 10. The van der Waals surface area contributed by atoms with Gasteiger partial charge >= 0.3 is 0 Å².